The van der Waals surface area contributed by atoms with Gasteiger partial charge in [-0.15, -0.1) is 0 Å². The van der Waals surface area contributed by atoms with Crippen LogP contribution in [0.1, 0.15) is 61.1 Å². The first kappa shape index (κ1) is 27.5. The molecule has 5 heteroatoms. The van der Waals surface area contributed by atoms with Gasteiger partial charge in [-0.2, -0.15) is 0 Å². The number of fused-ring (bicyclic) bond motifs is 1. The van der Waals surface area contributed by atoms with E-state index in [9.17, 15) is 4.79 Å². The zero-order chi connectivity index (χ0) is 28.0. The fourth-order valence-electron chi connectivity index (χ4n) is 6.73. The van der Waals surface area contributed by atoms with Crippen LogP contribution in [0.3, 0.4) is 0 Å². The van der Waals surface area contributed by atoms with E-state index in [1.165, 1.54) is 34.9 Å². The number of likely N-dealkylation sites (tertiary alicyclic amines) is 1. The Balaban J connectivity index is 0.995. The van der Waals surface area contributed by atoms with E-state index in [4.69, 9.17) is 4.74 Å². The van der Waals surface area contributed by atoms with Crippen LogP contribution in [-0.4, -0.2) is 46.9 Å². The molecular weight excluding hydrogens is 506 g/mol. The molecule has 212 valence electrons. The molecule has 1 saturated carbocycles. The van der Waals surface area contributed by atoms with Gasteiger partial charge >= 0.3 is 0 Å². The lowest BCUT2D eigenvalue weighted by Gasteiger charge is -2.36. The Hall–Kier alpha value is -3.70. The van der Waals surface area contributed by atoms with Crippen LogP contribution in [0.15, 0.2) is 91.1 Å². The summed E-state index contributed by atoms with van der Waals surface area (Å²) in [5, 5.41) is 1.18. The minimum Gasteiger partial charge on any atom is -0.490 e. The lowest BCUT2D eigenvalue weighted by Crippen LogP contribution is -2.44. The van der Waals surface area contributed by atoms with Crippen molar-refractivity contribution in [2.75, 3.05) is 20.1 Å². The van der Waals surface area contributed by atoms with Crippen LogP contribution in [0.2, 0.25) is 0 Å². The molecule has 41 heavy (non-hydrogen) atoms. The van der Waals surface area contributed by atoms with Crippen molar-refractivity contribution in [2.24, 2.45) is 5.92 Å². The SMILES string of the molecule is CN(Cc1ccc(OC2CCN(C(=O)C(c3ccccc3)C3CCCC3)CC2)cc1)Cc1ccc2ncccc2c1. The van der Waals surface area contributed by atoms with Gasteiger partial charge in [0.05, 0.1) is 11.4 Å². The van der Waals surface area contributed by atoms with Gasteiger partial charge in [0.2, 0.25) is 5.91 Å². The van der Waals surface area contributed by atoms with Crippen molar-refractivity contribution in [3.8, 4) is 5.75 Å². The van der Waals surface area contributed by atoms with E-state index in [0.29, 0.717) is 11.8 Å². The number of rotatable bonds is 9. The molecule has 4 aromatic rings. The number of piperidine rings is 1. The van der Waals surface area contributed by atoms with Crippen LogP contribution in [0.4, 0.5) is 0 Å². The van der Waals surface area contributed by atoms with E-state index in [0.717, 1.165) is 63.1 Å². The van der Waals surface area contributed by atoms with E-state index in [1.807, 2.05) is 18.3 Å². The van der Waals surface area contributed by atoms with E-state index < -0.39 is 0 Å². The van der Waals surface area contributed by atoms with Crippen LogP contribution in [0.5, 0.6) is 5.75 Å². The second-order valence-electron chi connectivity index (χ2n) is 11.9. The number of nitrogens with zero attached hydrogens (tertiary/aromatic N) is 3. The molecule has 1 amide bonds. The number of amides is 1. The van der Waals surface area contributed by atoms with Crippen molar-refractivity contribution in [2.45, 2.75) is 63.6 Å². The van der Waals surface area contributed by atoms with E-state index in [1.54, 1.807) is 0 Å². The average molecular weight is 548 g/mol. The van der Waals surface area contributed by atoms with Gasteiger partial charge in [0.1, 0.15) is 11.9 Å². The minimum atomic E-state index is 0.0000822. The van der Waals surface area contributed by atoms with Crippen LogP contribution < -0.4 is 4.74 Å². The summed E-state index contributed by atoms with van der Waals surface area (Å²) in [5.41, 5.74) is 4.77. The highest BCUT2D eigenvalue weighted by molar-refractivity contribution is 5.84. The summed E-state index contributed by atoms with van der Waals surface area (Å²) in [4.78, 5) is 22.6. The molecule has 0 radical (unpaired) electrons. The Bertz CT molecular complexity index is 1420. The van der Waals surface area contributed by atoms with Crippen molar-refractivity contribution in [3.63, 3.8) is 0 Å². The third-order valence-electron chi connectivity index (χ3n) is 8.85. The predicted octanol–water partition coefficient (Wildman–Crippen LogP) is 7.21. The Morgan fingerprint density at radius 3 is 2.34 bits per heavy atom. The van der Waals surface area contributed by atoms with E-state index in [-0.39, 0.29) is 12.0 Å². The molecule has 1 saturated heterocycles. The summed E-state index contributed by atoms with van der Waals surface area (Å²) in [6.07, 6.45) is 8.56. The molecule has 2 heterocycles. The maximum atomic E-state index is 13.7. The number of ether oxygens (including phenoxy) is 1. The van der Waals surface area contributed by atoms with Crippen molar-refractivity contribution >= 4 is 16.8 Å². The highest BCUT2D eigenvalue weighted by atomic mass is 16.5. The molecule has 0 bridgehead atoms. The largest absolute Gasteiger partial charge is 0.490 e. The molecule has 1 aliphatic carbocycles. The van der Waals surface area contributed by atoms with Crippen LogP contribution in [-0.2, 0) is 17.9 Å². The Morgan fingerprint density at radius 1 is 0.878 bits per heavy atom. The minimum absolute atomic E-state index is 0.0000822. The smallest absolute Gasteiger partial charge is 0.230 e. The number of carbonyl (C=O) groups is 1. The normalized spacial score (nSPS) is 17.3. The number of aromatic nitrogens is 1. The molecule has 6 rings (SSSR count). The summed E-state index contributed by atoms with van der Waals surface area (Å²) in [6.45, 7) is 3.29. The third kappa shape index (κ3) is 6.79. The highest BCUT2D eigenvalue weighted by Crippen LogP contribution is 2.39. The van der Waals surface area contributed by atoms with Crippen LogP contribution in [0, 0.1) is 5.92 Å². The van der Waals surface area contributed by atoms with Gasteiger partial charge in [-0.1, -0.05) is 67.4 Å². The number of benzene rings is 3. The second kappa shape index (κ2) is 12.9. The van der Waals surface area contributed by atoms with Crippen molar-refractivity contribution in [3.05, 3.63) is 108 Å². The van der Waals surface area contributed by atoms with Gasteiger partial charge in [-0.05, 0) is 72.8 Å². The lowest BCUT2D eigenvalue weighted by molar-refractivity contribution is -0.136. The molecule has 0 N–H and O–H groups in total. The van der Waals surface area contributed by atoms with Gasteiger partial charge in [0.25, 0.3) is 0 Å². The molecule has 0 spiro atoms. The van der Waals surface area contributed by atoms with Gasteiger partial charge in [-0.3, -0.25) is 14.7 Å². The molecular formula is C36H41N3O2. The Kier molecular flexibility index (Phi) is 8.62. The van der Waals surface area contributed by atoms with Crippen molar-refractivity contribution < 1.29 is 9.53 Å². The van der Waals surface area contributed by atoms with Gasteiger partial charge in [0.15, 0.2) is 0 Å². The zero-order valence-corrected chi connectivity index (χ0v) is 24.1. The monoisotopic (exact) mass is 547 g/mol. The first-order valence-corrected chi connectivity index (χ1v) is 15.2. The Morgan fingerprint density at radius 2 is 1.59 bits per heavy atom. The van der Waals surface area contributed by atoms with E-state index in [2.05, 4.69) is 94.6 Å². The van der Waals surface area contributed by atoms with Crippen LogP contribution in [0.25, 0.3) is 10.9 Å². The number of hydrogen-bond donors (Lipinski definition) is 0. The standard InChI is InChI=1S/C36H41N3O2/c1-38(26-28-15-18-34-31(24-28)12-7-21-37-34)25-27-13-16-32(17-14-27)41-33-19-22-39(23-20-33)36(40)35(30-10-5-6-11-30)29-8-3-2-4-9-29/h2-4,7-9,12-18,21,24,30,33,35H,5-6,10-11,19-20,22-23,25-26H2,1H3. The second-order valence-corrected chi connectivity index (χ2v) is 11.9. The fraction of sp³-hybridized carbons (Fsp3) is 0.389. The Labute approximate surface area is 244 Å². The number of hydrogen-bond acceptors (Lipinski definition) is 4. The molecule has 5 nitrogen and oxygen atoms in total. The van der Waals surface area contributed by atoms with Crippen LogP contribution >= 0.6 is 0 Å². The number of carbonyl (C=O) groups excluding carboxylic acids is 1. The lowest BCUT2D eigenvalue weighted by atomic mass is 9.83. The summed E-state index contributed by atoms with van der Waals surface area (Å²) in [5.74, 6) is 1.70. The zero-order valence-electron chi connectivity index (χ0n) is 24.1. The molecule has 1 atom stereocenters. The summed E-state index contributed by atoms with van der Waals surface area (Å²) in [6, 6.07) is 29.6. The molecule has 1 aliphatic heterocycles. The molecule has 2 aliphatic rings. The molecule has 3 aromatic carbocycles. The fourth-order valence-corrected chi connectivity index (χ4v) is 6.73. The maximum Gasteiger partial charge on any atom is 0.230 e. The highest BCUT2D eigenvalue weighted by Gasteiger charge is 2.36. The average Bonchev–Trinajstić information content (AvgIpc) is 3.53. The summed E-state index contributed by atoms with van der Waals surface area (Å²) >= 11 is 0. The molecule has 1 unspecified atom stereocenters. The van der Waals surface area contributed by atoms with E-state index >= 15 is 0 Å². The summed E-state index contributed by atoms with van der Waals surface area (Å²) in [7, 11) is 2.15. The predicted molar refractivity (Wildman–Crippen MR) is 165 cm³/mol. The first-order valence-electron chi connectivity index (χ1n) is 15.2. The van der Waals surface area contributed by atoms with Crippen molar-refractivity contribution in [1.82, 2.24) is 14.8 Å². The van der Waals surface area contributed by atoms with Gasteiger partial charge in [0, 0.05) is 50.6 Å². The topological polar surface area (TPSA) is 45.7 Å². The summed E-state index contributed by atoms with van der Waals surface area (Å²) < 4.78 is 6.37. The number of pyridine rings is 1. The van der Waals surface area contributed by atoms with Crippen molar-refractivity contribution in [1.29, 1.82) is 0 Å². The quantitative estimate of drug-likeness (QED) is 0.222. The molecule has 1 aromatic heterocycles. The van der Waals surface area contributed by atoms with Gasteiger partial charge in [-0.25, -0.2) is 0 Å². The first-order chi connectivity index (χ1) is 20.1. The third-order valence-corrected chi connectivity index (χ3v) is 8.85. The molecule has 2 fully saturated rings. The van der Waals surface area contributed by atoms with Gasteiger partial charge < -0.3 is 9.64 Å². The maximum absolute atomic E-state index is 13.7.